The van der Waals surface area contributed by atoms with Gasteiger partial charge in [0.15, 0.2) is 6.39 Å². The van der Waals surface area contributed by atoms with Gasteiger partial charge in [0.25, 0.3) is 0 Å². The molecular weight excluding hydrogens is 508 g/mol. The summed E-state index contributed by atoms with van der Waals surface area (Å²) < 4.78 is 5.07. The van der Waals surface area contributed by atoms with Crippen molar-refractivity contribution in [3.63, 3.8) is 0 Å². The van der Waals surface area contributed by atoms with Crippen molar-refractivity contribution in [1.29, 1.82) is 0 Å². The lowest BCUT2D eigenvalue weighted by Gasteiger charge is -2.37. The van der Waals surface area contributed by atoms with Crippen molar-refractivity contribution >= 4 is 17.8 Å². The maximum absolute atomic E-state index is 13.9. The van der Waals surface area contributed by atoms with Crippen molar-refractivity contribution in [2.24, 2.45) is 11.8 Å². The number of aromatic nitrogens is 1. The number of rotatable bonds is 13. The standard InChI is InChI=1S/C31H38N4O5/c1-32-29(36)28-11-6-18-34-35(28)30(37)25(17-14-23-12-15-24(16-13-23)27-20-40-21-33-27)19-26(31(38)39)10-5-9-22-7-3-2-4-8-22/h2-4,7-8,12-13,15-16,20-21,25-26,28,34H,5-6,9-11,14,17-19H2,1H3,(H,32,36)(H,38,39)/t25?,26?,28-/m0/s1. The van der Waals surface area contributed by atoms with E-state index in [1.54, 1.807) is 13.3 Å². The highest BCUT2D eigenvalue weighted by Gasteiger charge is 2.37. The van der Waals surface area contributed by atoms with Crippen LogP contribution in [0.2, 0.25) is 0 Å². The van der Waals surface area contributed by atoms with Gasteiger partial charge in [-0.2, -0.15) is 0 Å². The molecule has 4 rings (SSSR count). The number of carboxylic acids is 1. The molecule has 2 aromatic carbocycles. The highest BCUT2D eigenvalue weighted by Crippen LogP contribution is 2.27. The number of hydrogen-bond acceptors (Lipinski definition) is 6. The number of carbonyl (C=O) groups is 3. The highest BCUT2D eigenvalue weighted by atomic mass is 16.4. The first-order chi connectivity index (χ1) is 19.5. The van der Waals surface area contributed by atoms with E-state index in [0.717, 1.165) is 29.7 Å². The molecule has 1 aromatic heterocycles. The van der Waals surface area contributed by atoms with Crippen molar-refractivity contribution in [1.82, 2.24) is 20.7 Å². The minimum atomic E-state index is -0.891. The molecule has 1 saturated heterocycles. The van der Waals surface area contributed by atoms with Crippen LogP contribution in [0.3, 0.4) is 0 Å². The molecule has 2 unspecified atom stereocenters. The van der Waals surface area contributed by atoms with E-state index in [4.69, 9.17) is 4.42 Å². The van der Waals surface area contributed by atoms with Crippen LogP contribution in [0.25, 0.3) is 11.3 Å². The van der Waals surface area contributed by atoms with Gasteiger partial charge >= 0.3 is 5.97 Å². The number of carbonyl (C=O) groups excluding carboxylic acids is 2. The molecule has 9 nitrogen and oxygen atoms in total. The van der Waals surface area contributed by atoms with Gasteiger partial charge in [0.05, 0.1) is 5.92 Å². The predicted molar refractivity (Wildman–Crippen MR) is 151 cm³/mol. The molecular formula is C31H38N4O5. The minimum Gasteiger partial charge on any atom is -0.481 e. The van der Waals surface area contributed by atoms with Gasteiger partial charge in [-0.15, -0.1) is 0 Å². The Bertz CT molecular complexity index is 1230. The number of amides is 2. The fraction of sp³-hybridized carbons (Fsp3) is 0.419. The molecule has 212 valence electrons. The average molecular weight is 547 g/mol. The zero-order valence-corrected chi connectivity index (χ0v) is 22.9. The summed E-state index contributed by atoms with van der Waals surface area (Å²) in [7, 11) is 1.56. The van der Waals surface area contributed by atoms with Gasteiger partial charge in [0, 0.05) is 25.1 Å². The molecule has 0 radical (unpaired) electrons. The Kier molecular flexibility index (Phi) is 10.5. The fourth-order valence-corrected chi connectivity index (χ4v) is 5.34. The lowest BCUT2D eigenvalue weighted by Crippen LogP contribution is -2.59. The summed E-state index contributed by atoms with van der Waals surface area (Å²) in [4.78, 5) is 42.9. The van der Waals surface area contributed by atoms with Crippen molar-refractivity contribution < 1.29 is 23.9 Å². The lowest BCUT2D eigenvalue weighted by molar-refractivity contribution is -0.151. The highest BCUT2D eigenvalue weighted by molar-refractivity contribution is 5.88. The zero-order valence-electron chi connectivity index (χ0n) is 22.9. The van der Waals surface area contributed by atoms with Crippen LogP contribution in [0.4, 0.5) is 0 Å². The van der Waals surface area contributed by atoms with E-state index >= 15 is 0 Å². The second-order valence-corrected chi connectivity index (χ2v) is 10.3. The van der Waals surface area contributed by atoms with Gasteiger partial charge in [-0.1, -0.05) is 54.6 Å². The number of carboxylic acid groups (broad SMARTS) is 1. The zero-order chi connectivity index (χ0) is 28.3. The third-order valence-corrected chi connectivity index (χ3v) is 7.63. The van der Waals surface area contributed by atoms with Crippen molar-refractivity contribution in [2.75, 3.05) is 13.6 Å². The molecule has 0 bridgehead atoms. The summed E-state index contributed by atoms with van der Waals surface area (Å²) in [6.45, 7) is 0.592. The van der Waals surface area contributed by atoms with Gasteiger partial charge < -0.3 is 14.8 Å². The Balaban J connectivity index is 1.48. The van der Waals surface area contributed by atoms with E-state index in [1.165, 1.54) is 17.0 Å². The van der Waals surface area contributed by atoms with Gasteiger partial charge in [0.2, 0.25) is 11.8 Å². The first-order valence-corrected chi connectivity index (χ1v) is 14.0. The van der Waals surface area contributed by atoms with Crippen molar-refractivity contribution in [3.8, 4) is 11.3 Å². The summed E-state index contributed by atoms with van der Waals surface area (Å²) >= 11 is 0. The van der Waals surface area contributed by atoms with E-state index < -0.39 is 23.8 Å². The number of nitrogens with zero attached hydrogens (tertiary/aromatic N) is 2. The number of benzene rings is 2. The van der Waals surface area contributed by atoms with Crippen LogP contribution >= 0.6 is 0 Å². The Morgan fingerprint density at radius 2 is 1.80 bits per heavy atom. The largest absolute Gasteiger partial charge is 0.481 e. The third-order valence-electron chi connectivity index (χ3n) is 7.63. The molecule has 2 heterocycles. The predicted octanol–water partition coefficient (Wildman–Crippen LogP) is 4.25. The number of likely N-dealkylation sites (N-methyl/N-ethyl adjacent to an activating group) is 1. The van der Waals surface area contributed by atoms with E-state index in [1.807, 2.05) is 54.6 Å². The number of aryl methyl sites for hydroxylation is 2. The SMILES string of the molecule is CNC(=O)[C@@H]1CCCNN1C(=O)C(CCc1ccc(-c2cocn2)cc1)CC(CCCc1ccccc1)C(=O)O. The molecule has 0 saturated carbocycles. The lowest BCUT2D eigenvalue weighted by atomic mass is 9.85. The Labute approximate surface area is 235 Å². The number of nitrogens with one attached hydrogen (secondary N) is 2. The molecule has 3 N–H and O–H groups in total. The second kappa shape index (κ2) is 14.4. The van der Waals surface area contributed by atoms with Crippen LogP contribution in [-0.2, 0) is 27.2 Å². The number of hydrogen-bond donors (Lipinski definition) is 3. The first-order valence-electron chi connectivity index (χ1n) is 14.0. The van der Waals surface area contributed by atoms with Crippen LogP contribution in [0, 0.1) is 11.8 Å². The van der Waals surface area contributed by atoms with E-state index in [2.05, 4.69) is 15.7 Å². The minimum absolute atomic E-state index is 0.221. The van der Waals surface area contributed by atoms with Crippen LogP contribution in [0.1, 0.15) is 49.7 Å². The Morgan fingerprint density at radius 1 is 1.05 bits per heavy atom. The Hall–Kier alpha value is -3.98. The normalized spacial score (nSPS) is 16.7. The van der Waals surface area contributed by atoms with Gasteiger partial charge in [-0.25, -0.2) is 10.4 Å². The summed E-state index contributed by atoms with van der Waals surface area (Å²) in [6, 6.07) is 17.3. The number of aliphatic carboxylic acids is 1. The molecule has 1 fully saturated rings. The molecule has 9 heteroatoms. The Morgan fingerprint density at radius 3 is 2.48 bits per heavy atom. The number of oxazole rings is 1. The van der Waals surface area contributed by atoms with Crippen LogP contribution in [-0.4, -0.2) is 52.5 Å². The van der Waals surface area contributed by atoms with Crippen molar-refractivity contribution in [3.05, 3.63) is 78.4 Å². The van der Waals surface area contributed by atoms with E-state index in [0.29, 0.717) is 38.6 Å². The summed E-state index contributed by atoms with van der Waals surface area (Å²) in [5, 5.41) is 14.2. The first kappa shape index (κ1) is 29.0. The van der Waals surface area contributed by atoms with E-state index in [-0.39, 0.29) is 18.2 Å². The summed E-state index contributed by atoms with van der Waals surface area (Å²) in [5.74, 6) is -2.54. The molecule has 3 aromatic rings. The molecule has 0 spiro atoms. The monoisotopic (exact) mass is 546 g/mol. The topological polar surface area (TPSA) is 125 Å². The number of hydrazine groups is 1. The average Bonchev–Trinajstić information content (AvgIpc) is 3.53. The van der Waals surface area contributed by atoms with Crippen molar-refractivity contribution in [2.45, 2.75) is 57.4 Å². The van der Waals surface area contributed by atoms with Crippen LogP contribution in [0.15, 0.2) is 71.7 Å². The van der Waals surface area contributed by atoms with Crippen LogP contribution in [0.5, 0.6) is 0 Å². The van der Waals surface area contributed by atoms with E-state index in [9.17, 15) is 19.5 Å². The third kappa shape index (κ3) is 7.79. The summed E-state index contributed by atoms with van der Waals surface area (Å²) in [5.41, 5.74) is 6.99. The molecule has 40 heavy (non-hydrogen) atoms. The van der Waals surface area contributed by atoms with Crippen LogP contribution < -0.4 is 10.7 Å². The second-order valence-electron chi connectivity index (χ2n) is 10.3. The molecule has 2 amide bonds. The molecule has 1 aliphatic heterocycles. The quantitative estimate of drug-likeness (QED) is 0.293. The van der Waals surface area contributed by atoms with Gasteiger partial charge in [-0.3, -0.25) is 19.4 Å². The molecule has 1 aliphatic rings. The van der Waals surface area contributed by atoms with Gasteiger partial charge in [-0.05, 0) is 62.5 Å². The maximum atomic E-state index is 13.9. The smallest absolute Gasteiger partial charge is 0.306 e. The summed E-state index contributed by atoms with van der Waals surface area (Å²) in [6.07, 6.45) is 7.59. The van der Waals surface area contributed by atoms with Gasteiger partial charge in [0.1, 0.15) is 18.0 Å². The maximum Gasteiger partial charge on any atom is 0.306 e. The molecule has 0 aliphatic carbocycles. The molecule has 3 atom stereocenters. The fourth-order valence-electron chi connectivity index (χ4n) is 5.34.